The maximum absolute atomic E-state index is 9.22. The summed E-state index contributed by atoms with van der Waals surface area (Å²) in [6.45, 7) is 1.65. The van der Waals surface area contributed by atoms with Gasteiger partial charge in [0.2, 0.25) is 5.89 Å². The summed E-state index contributed by atoms with van der Waals surface area (Å²) >= 11 is 0. The van der Waals surface area contributed by atoms with E-state index in [1.165, 1.54) is 6.26 Å². The number of nitrogens with zero attached hydrogens (tertiary/aromatic N) is 1. The van der Waals surface area contributed by atoms with Crippen LogP contribution in [0.1, 0.15) is 30.4 Å². The lowest BCUT2D eigenvalue weighted by molar-refractivity contribution is 0.194. The SMILES string of the molecule is CC(O)c1coc(Cc2ccco2)n1. The molecule has 74 valence electrons. The zero-order chi connectivity index (χ0) is 9.97. The first-order valence-corrected chi connectivity index (χ1v) is 4.40. The molecule has 2 aromatic heterocycles. The summed E-state index contributed by atoms with van der Waals surface area (Å²) in [7, 11) is 0. The molecular formula is C10H11NO3. The van der Waals surface area contributed by atoms with E-state index < -0.39 is 6.10 Å². The number of aliphatic hydroxyl groups is 1. The molecule has 0 fully saturated rings. The van der Waals surface area contributed by atoms with Crippen molar-refractivity contribution in [3.63, 3.8) is 0 Å². The molecular weight excluding hydrogens is 182 g/mol. The molecule has 0 aliphatic carbocycles. The van der Waals surface area contributed by atoms with Crippen molar-refractivity contribution in [2.45, 2.75) is 19.4 Å². The molecule has 0 aliphatic heterocycles. The molecule has 0 radical (unpaired) electrons. The Morgan fingerprint density at radius 3 is 2.93 bits per heavy atom. The maximum atomic E-state index is 9.22. The van der Waals surface area contributed by atoms with E-state index in [9.17, 15) is 5.11 Å². The number of hydrogen-bond acceptors (Lipinski definition) is 4. The van der Waals surface area contributed by atoms with E-state index in [4.69, 9.17) is 8.83 Å². The van der Waals surface area contributed by atoms with Crippen LogP contribution in [0.2, 0.25) is 0 Å². The predicted molar refractivity (Wildman–Crippen MR) is 48.7 cm³/mol. The number of hydrogen-bond donors (Lipinski definition) is 1. The molecule has 0 spiro atoms. The Kier molecular flexibility index (Phi) is 2.37. The first-order chi connectivity index (χ1) is 6.75. The lowest BCUT2D eigenvalue weighted by atomic mass is 10.3. The monoisotopic (exact) mass is 193 g/mol. The van der Waals surface area contributed by atoms with Crippen molar-refractivity contribution >= 4 is 0 Å². The van der Waals surface area contributed by atoms with Gasteiger partial charge in [0.15, 0.2) is 0 Å². The van der Waals surface area contributed by atoms with E-state index in [1.54, 1.807) is 13.2 Å². The highest BCUT2D eigenvalue weighted by atomic mass is 16.4. The number of aliphatic hydroxyl groups excluding tert-OH is 1. The van der Waals surface area contributed by atoms with Crippen LogP contribution in [-0.4, -0.2) is 10.1 Å². The van der Waals surface area contributed by atoms with Crippen LogP contribution in [-0.2, 0) is 6.42 Å². The van der Waals surface area contributed by atoms with Gasteiger partial charge in [0.25, 0.3) is 0 Å². The van der Waals surface area contributed by atoms with Crippen LogP contribution in [0.4, 0.5) is 0 Å². The van der Waals surface area contributed by atoms with E-state index >= 15 is 0 Å². The Labute approximate surface area is 81.2 Å². The summed E-state index contributed by atoms with van der Waals surface area (Å²) in [6, 6.07) is 3.67. The lowest BCUT2D eigenvalue weighted by Crippen LogP contribution is -1.92. The Morgan fingerprint density at radius 2 is 2.36 bits per heavy atom. The molecule has 4 nitrogen and oxygen atoms in total. The summed E-state index contributed by atoms with van der Waals surface area (Å²) in [6.07, 6.45) is 2.99. The minimum atomic E-state index is -0.593. The van der Waals surface area contributed by atoms with Gasteiger partial charge in [0, 0.05) is 0 Å². The van der Waals surface area contributed by atoms with Gasteiger partial charge in [-0.1, -0.05) is 0 Å². The highest BCUT2D eigenvalue weighted by molar-refractivity contribution is 5.07. The van der Waals surface area contributed by atoms with E-state index in [0.717, 1.165) is 5.76 Å². The van der Waals surface area contributed by atoms with Crippen molar-refractivity contribution in [2.75, 3.05) is 0 Å². The van der Waals surface area contributed by atoms with Gasteiger partial charge >= 0.3 is 0 Å². The third-order valence-electron chi connectivity index (χ3n) is 1.90. The highest BCUT2D eigenvalue weighted by Crippen LogP contribution is 2.14. The summed E-state index contributed by atoms with van der Waals surface area (Å²) in [5.41, 5.74) is 0.548. The topological polar surface area (TPSA) is 59.4 Å². The standard InChI is InChI=1S/C10H11NO3/c1-7(12)9-6-14-10(11-9)5-8-3-2-4-13-8/h2-4,6-7,12H,5H2,1H3. The minimum Gasteiger partial charge on any atom is -0.469 e. The molecule has 0 saturated heterocycles. The highest BCUT2D eigenvalue weighted by Gasteiger charge is 2.09. The van der Waals surface area contributed by atoms with E-state index in [-0.39, 0.29) is 0 Å². The Hall–Kier alpha value is -1.55. The molecule has 0 saturated carbocycles. The number of furan rings is 1. The van der Waals surface area contributed by atoms with Crippen molar-refractivity contribution in [2.24, 2.45) is 0 Å². The number of oxazole rings is 1. The van der Waals surface area contributed by atoms with Crippen molar-refractivity contribution < 1.29 is 13.9 Å². The first kappa shape index (κ1) is 9.02. The molecule has 14 heavy (non-hydrogen) atoms. The fraction of sp³-hybridized carbons (Fsp3) is 0.300. The van der Waals surface area contributed by atoms with Crippen LogP contribution < -0.4 is 0 Å². The second-order valence-electron chi connectivity index (χ2n) is 3.10. The lowest BCUT2D eigenvalue weighted by Gasteiger charge is -1.94. The molecule has 0 aromatic carbocycles. The Bertz CT molecular complexity index is 389. The van der Waals surface area contributed by atoms with Crippen LogP contribution in [0, 0.1) is 0 Å². The van der Waals surface area contributed by atoms with Gasteiger partial charge in [-0.15, -0.1) is 0 Å². The van der Waals surface area contributed by atoms with Gasteiger partial charge < -0.3 is 13.9 Å². The molecule has 0 bridgehead atoms. The predicted octanol–water partition coefficient (Wildman–Crippen LogP) is 1.91. The molecule has 0 aliphatic rings. The van der Waals surface area contributed by atoms with E-state index in [1.807, 2.05) is 12.1 Å². The summed E-state index contributed by atoms with van der Waals surface area (Å²) in [5.74, 6) is 1.35. The van der Waals surface area contributed by atoms with Gasteiger partial charge in [0.1, 0.15) is 17.7 Å². The van der Waals surface area contributed by atoms with Crippen molar-refractivity contribution in [1.29, 1.82) is 0 Å². The van der Waals surface area contributed by atoms with Gasteiger partial charge in [-0.2, -0.15) is 0 Å². The van der Waals surface area contributed by atoms with Crippen LogP contribution in [0.3, 0.4) is 0 Å². The second-order valence-corrected chi connectivity index (χ2v) is 3.10. The van der Waals surface area contributed by atoms with Crippen molar-refractivity contribution in [3.05, 3.63) is 42.0 Å². The fourth-order valence-corrected chi connectivity index (χ4v) is 1.16. The average Bonchev–Trinajstić information content (AvgIpc) is 2.75. The largest absolute Gasteiger partial charge is 0.469 e. The van der Waals surface area contributed by atoms with E-state index in [2.05, 4.69) is 4.98 Å². The van der Waals surface area contributed by atoms with Crippen molar-refractivity contribution in [3.8, 4) is 0 Å². The quantitative estimate of drug-likeness (QED) is 0.808. The van der Waals surface area contributed by atoms with Crippen LogP contribution in [0.5, 0.6) is 0 Å². The number of aromatic nitrogens is 1. The van der Waals surface area contributed by atoms with E-state index in [0.29, 0.717) is 18.0 Å². The van der Waals surface area contributed by atoms with Crippen molar-refractivity contribution in [1.82, 2.24) is 4.98 Å². The zero-order valence-electron chi connectivity index (χ0n) is 7.80. The van der Waals surface area contributed by atoms with Gasteiger partial charge in [-0.3, -0.25) is 0 Å². The molecule has 2 rings (SSSR count). The van der Waals surface area contributed by atoms with Crippen LogP contribution >= 0.6 is 0 Å². The van der Waals surface area contributed by atoms with Crippen LogP contribution in [0.25, 0.3) is 0 Å². The molecule has 1 atom stereocenters. The molecule has 1 N–H and O–H groups in total. The van der Waals surface area contributed by atoms with Crippen LogP contribution in [0.15, 0.2) is 33.5 Å². The number of rotatable bonds is 3. The second kappa shape index (κ2) is 3.67. The first-order valence-electron chi connectivity index (χ1n) is 4.40. The molecule has 0 amide bonds. The minimum absolute atomic E-state index is 0.514. The maximum Gasteiger partial charge on any atom is 0.201 e. The van der Waals surface area contributed by atoms with Gasteiger partial charge in [-0.05, 0) is 19.1 Å². The molecule has 1 unspecified atom stereocenters. The summed E-state index contributed by atoms with van der Waals surface area (Å²) < 4.78 is 10.3. The summed E-state index contributed by atoms with van der Waals surface area (Å²) in [5, 5.41) is 9.22. The Morgan fingerprint density at radius 1 is 1.50 bits per heavy atom. The fourth-order valence-electron chi connectivity index (χ4n) is 1.16. The van der Waals surface area contributed by atoms with Gasteiger partial charge in [0.05, 0.1) is 18.8 Å². The molecule has 4 heteroatoms. The normalized spacial score (nSPS) is 13.0. The third-order valence-corrected chi connectivity index (χ3v) is 1.90. The molecule has 2 heterocycles. The summed E-state index contributed by atoms with van der Waals surface area (Å²) in [4.78, 5) is 4.11. The Balaban J connectivity index is 2.11. The van der Waals surface area contributed by atoms with Gasteiger partial charge in [-0.25, -0.2) is 4.98 Å². The third kappa shape index (κ3) is 1.85. The zero-order valence-corrected chi connectivity index (χ0v) is 7.80. The average molecular weight is 193 g/mol. The smallest absolute Gasteiger partial charge is 0.201 e. The molecule has 2 aromatic rings.